The van der Waals surface area contributed by atoms with Gasteiger partial charge in [-0.1, -0.05) is 37.5 Å². The molecule has 0 N–H and O–H groups in total. The monoisotopic (exact) mass is 112 g/mol. The van der Waals surface area contributed by atoms with E-state index in [1.165, 1.54) is 0 Å². The lowest BCUT2D eigenvalue weighted by Crippen LogP contribution is -1.90. The molecule has 0 saturated heterocycles. The van der Waals surface area contributed by atoms with Crippen molar-refractivity contribution in [2.24, 2.45) is 0 Å². The van der Waals surface area contributed by atoms with Crippen LogP contribution in [0.1, 0.15) is 0 Å². The normalized spacial score (nSPS) is 10.7. The molecule has 0 saturated carbocycles. The standard InChI is InChI=1S/C6H12Si/c1-4-5-6-7(2)3/h4-7H,1H2,2-3H3/b6-5+. The number of hydrogen-bond acceptors (Lipinski definition) is 0. The predicted molar refractivity (Wildman–Crippen MR) is 38.2 cm³/mol. The first-order chi connectivity index (χ1) is 3.27. The van der Waals surface area contributed by atoms with E-state index in [-0.39, 0.29) is 0 Å². The fraction of sp³-hybridized carbons (Fsp3) is 0.333. The SMILES string of the molecule is C=C/C=C/[SiH](C)C. The van der Waals surface area contributed by atoms with E-state index in [1.807, 2.05) is 12.2 Å². The summed E-state index contributed by atoms with van der Waals surface area (Å²) in [6.07, 6.45) is 3.85. The van der Waals surface area contributed by atoms with Crippen LogP contribution in [0, 0.1) is 0 Å². The van der Waals surface area contributed by atoms with Gasteiger partial charge in [0.1, 0.15) is 0 Å². The highest BCUT2D eigenvalue weighted by molar-refractivity contribution is 6.61. The molecule has 0 rings (SSSR count). The summed E-state index contributed by atoms with van der Waals surface area (Å²) in [4.78, 5) is 0. The second-order valence-corrected chi connectivity index (χ2v) is 4.74. The van der Waals surface area contributed by atoms with Crippen LogP contribution >= 0.6 is 0 Å². The van der Waals surface area contributed by atoms with Crippen LogP contribution < -0.4 is 0 Å². The van der Waals surface area contributed by atoms with Gasteiger partial charge in [0.25, 0.3) is 0 Å². The molecule has 0 aromatic carbocycles. The molecule has 0 aromatic heterocycles. The second-order valence-electron chi connectivity index (χ2n) is 1.86. The van der Waals surface area contributed by atoms with Crippen molar-refractivity contribution in [1.29, 1.82) is 0 Å². The van der Waals surface area contributed by atoms with E-state index in [1.54, 1.807) is 0 Å². The molecule has 0 unspecified atom stereocenters. The van der Waals surface area contributed by atoms with E-state index in [9.17, 15) is 0 Å². The maximum absolute atomic E-state index is 3.57. The lowest BCUT2D eigenvalue weighted by atomic mass is 10.6. The Hall–Kier alpha value is -0.303. The number of hydrogen-bond donors (Lipinski definition) is 0. The van der Waals surface area contributed by atoms with E-state index in [4.69, 9.17) is 0 Å². The van der Waals surface area contributed by atoms with Gasteiger partial charge in [0, 0.05) is 0 Å². The minimum Gasteiger partial charge on any atom is -0.0991 e. The molecule has 7 heavy (non-hydrogen) atoms. The lowest BCUT2D eigenvalue weighted by molar-refractivity contribution is 1.95. The Morgan fingerprint density at radius 1 is 1.43 bits per heavy atom. The maximum atomic E-state index is 3.57. The van der Waals surface area contributed by atoms with Gasteiger partial charge >= 0.3 is 0 Å². The van der Waals surface area contributed by atoms with E-state index < -0.39 is 8.80 Å². The summed E-state index contributed by atoms with van der Waals surface area (Å²) in [6.45, 7) is 8.12. The molecule has 0 fully saturated rings. The zero-order chi connectivity index (χ0) is 5.70. The van der Waals surface area contributed by atoms with Crippen molar-refractivity contribution in [3.8, 4) is 0 Å². The van der Waals surface area contributed by atoms with Gasteiger partial charge in [-0.2, -0.15) is 0 Å². The molecule has 40 valence electrons. The fourth-order valence-electron chi connectivity index (χ4n) is 0.301. The summed E-state index contributed by atoms with van der Waals surface area (Å²) < 4.78 is 0. The molecular weight excluding hydrogens is 100 g/mol. The zero-order valence-corrected chi connectivity index (χ0v) is 6.17. The van der Waals surface area contributed by atoms with Crippen LogP contribution in [0.15, 0.2) is 24.4 Å². The van der Waals surface area contributed by atoms with Crippen molar-refractivity contribution in [3.63, 3.8) is 0 Å². The van der Waals surface area contributed by atoms with Crippen LogP contribution in [0.25, 0.3) is 0 Å². The van der Waals surface area contributed by atoms with Gasteiger partial charge in [0.05, 0.1) is 8.80 Å². The van der Waals surface area contributed by atoms with Gasteiger partial charge in [-0.05, 0) is 0 Å². The van der Waals surface area contributed by atoms with Crippen LogP contribution in [0.5, 0.6) is 0 Å². The molecule has 0 aromatic rings. The Morgan fingerprint density at radius 3 is 2.14 bits per heavy atom. The first-order valence-electron chi connectivity index (χ1n) is 2.56. The van der Waals surface area contributed by atoms with Crippen LogP contribution in [-0.2, 0) is 0 Å². The fourth-order valence-corrected chi connectivity index (χ4v) is 0.902. The molecule has 0 atom stereocenters. The number of allylic oxidation sites excluding steroid dienone is 2. The third-order valence-electron chi connectivity index (χ3n) is 0.632. The molecule has 0 heterocycles. The highest BCUT2D eigenvalue weighted by Gasteiger charge is 1.80. The van der Waals surface area contributed by atoms with Gasteiger partial charge in [0.2, 0.25) is 0 Å². The summed E-state index contributed by atoms with van der Waals surface area (Å²) in [6, 6.07) is 0. The first-order valence-corrected chi connectivity index (χ1v) is 5.54. The largest absolute Gasteiger partial charge is 0.0991 e. The Balaban J connectivity index is 3.25. The minimum absolute atomic E-state index is 0.440. The average Bonchev–Trinajstić information content (AvgIpc) is 1.61. The Labute approximate surface area is 47.2 Å². The third-order valence-corrected chi connectivity index (χ3v) is 1.62. The molecule has 0 spiro atoms. The molecule has 0 aliphatic rings. The summed E-state index contributed by atoms with van der Waals surface area (Å²) in [5.41, 5.74) is 2.24. The minimum atomic E-state index is -0.440. The summed E-state index contributed by atoms with van der Waals surface area (Å²) >= 11 is 0. The maximum Gasteiger partial charge on any atom is 0.0554 e. The van der Waals surface area contributed by atoms with Gasteiger partial charge < -0.3 is 0 Å². The van der Waals surface area contributed by atoms with Crippen molar-refractivity contribution in [2.75, 3.05) is 0 Å². The van der Waals surface area contributed by atoms with Crippen LogP contribution in [0.2, 0.25) is 13.1 Å². The van der Waals surface area contributed by atoms with Crippen molar-refractivity contribution in [1.82, 2.24) is 0 Å². The Morgan fingerprint density at radius 2 is 2.00 bits per heavy atom. The van der Waals surface area contributed by atoms with Gasteiger partial charge in [-0.25, -0.2) is 0 Å². The van der Waals surface area contributed by atoms with Gasteiger partial charge in [-0.3, -0.25) is 0 Å². The molecule has 1 heteroatoms. The summed E-state index contributed by atoms with van der Waals surface area (Å²) in [5.74, 6) is 0. The van der Waals surface area contributed by atoms with Gasteiger partial charge in [-0.15, -0.1) is 0 Å². The van der Waals surface area contributed by atoms with Crippen molar-refractivity contribution >= 4 is 8.80 Å². The van der Waals surface area contributed by atoms with Crippen LogP contribution in [0.4, 0.5) is 0 Å². The summed E-state index contributed by atoms with van der Waals surface area (Å²) in [5, 5.41) is 0. The topological polar surface area (TPSA) is 0 Å². The quantitative estimate of drug-likeness (QED) is 0.377. The molecule has 0 bridgehead atoms. The van der Waals surface area contributed by atoms with Crippen LogP contribution in [0.3, 0.4) is 0 Å². The van der Waals surface area contributed by atoms with E-state index >= 15 is 0 Å². The highest BCUT2D eigenvalue weighted by Crippen LogP contribution is 1.80. The van der Waals surface area contributed by atoms with Crippen molar-refractivity contribution in [2.45, 2.75) is 13.1 Å². The first kappa shape index (κ1) is 6.70. The van der Waals surface area contributed by atoms with E-state index in [0.717, 1.165) is 0 Å². The highest BCUT2D eigenvalue weighted by atomic mass is 28.3. The summed E-state index contributed by atoms with van der Waals surface area (Å²) in [7, 11) is -0.440. The van der Waals surface area contributed by atoms with Crippen LogP contribution in [-0.4, -0.2) is 8.80 Å². The van der Waals surface area contributed by atoms with Crippen molar-refractivity contribution in [3.05, 3.63) is 24.4 Å². The molecule has 0 aliphatic carbocycles. The van der Waals surface area contributed by atoms with E-state index in [0.29, 0.717) is 0 Å². The van der Waals surface area contributed by atoms with E-state index in [2.05, 4.69) is 25.4 Å². The van der Waals surface area contributed by atoms with Gasteiger partial charge in [0.15, 0.2) is 0 Å². The Kier molecular flexibility index (Phi) is 3.70. The molecule has 0 radical (unpaired) electrons. The molecule has 0 aliphatic heterocycles. The third kappa shape index (κ3) is 5.70. The smallest absolute Gasteiger partial charge is 0.0554 e. The zero-order valence-electron chi connectivity index (χ0n) is 5.02. The average molecular weight is 112 g/mol. The molecule has 0 nitrogen and oxygen atoms in total. The molecule has 0 amide bonds. The predicted octanol–water partition coefficient (Wildman–Crippen LogP) is 1.75. The lowest BCUT2D eigenvalue weighted by Gasteiger charge is -1.84. The molecular formula is C6H12Si. The van der Waals surface area contributed by atoms with Crippen molar-refractivity contribution < 1.29 is 0 Å². The Bertz CT molecular complexity index is 72.2. The second kappa shape index (κ2) is 3.87. The number of rotatable bonds is 2.